The molecular formula is C11H8N4OS. The number of hydrogen-bond donors (Lipinski definition) is 1. The molecule has 0 aliphatic heterocycles. The first-order chi connectivity index (χ1) is 8.36. The maximum atomic E-state index is 5.79. The molecule has 3 rings (SSSR count). The van der Waals surface area contributed by atoms with Crippen LogP contribution in [0.2, 0.25) is 0 Å². The molecule has 3 aromatic heterocycles. The van der Waals surface area contributed by atoms with Crippen LogP contribution in [0.5, 0.6) is 0 Å². The van der Waals surface area contributed by atoms with Crippen LogP contribution in [0.15, 0.2) is 40.5 Å². The van der Waals surface area contributed by atoms with E-state index in [0.29, 0.717) is 11.5 Å². The van der Waals surface area contributed by atoms with Gasteiger partial charge in [-0.25, -0.2) is 9.97 Å². The van der Waals surface area contributed by atoms with Crippen molar-refractivity contribution in [1.29, 1.82) is 0 Å². The van der Waals surface area contributed by atoms with Crippen LogP contribution in [0.3, 0.4) is 0 Å². The van der Waals surface area contributed by atoms with Crippen LogP contribution in [0.1, 0.15) is 0 Å². The third-order valence-corrected chi connectivity index (χ3v) is 3.15. The van der Waals surface area contributed by atoms with Gasteiger partial charge in [-0.1, -0.05) is 11.2 Å². The summed E-state index contributed by atoms with van der Waals surface area (Å²) in [4.78, 5) is 9.29. The number of nitrogens with two attached hydrogens (primary N) is 1. The van der Waals surface area contributed by atoms with Crippen LogP contribution in [0.4, 0.5) is 5.88 Å². The Hall–Kier alpha value is -2.21. The number of aromatic nitrogens is 3. The van der Waals surface area contributed by atoms with E-state index < -0.39 is 0 Å². The Morgan fingerprint density at radius 2 is 2.00 bits per heavy atom. The van der Waals surface area contributed by atoms with E-state index in [-0.39, 0.29) is 5.88 Å². The summed E-state index contributed by atoms with van der Waals surface area (Å²) >= 11 is 1.57. The molecule has 5 nitrogen and oxygen atoms in total. The fourth-order valence-corrected chi connectivity index (χ4v) is 2.31. The van der Waals surface area contributed by atoms with Crippen molar-refractivity contribution in [3.63, 3.8) is 0 Å². The van der Waals surface area contributed by atoms with Crippen LogP contribution in [0, 0.1) is 0 Å². The molecule has 0 saturated carbocycles. The Morgan fingerprint density at radius 3 is 2.71 bits per heavy atom. The molecule has 0 fully saturated rings. The van der Waals surface area contributed by atoms with Gasteiger partial charge in [0.25, 0.3) is 0 Å². The van der Waals surface area contributed by atoms with Gasteiger partial charge in [-0.15, -0.1) is 11.3 Å². The highest BCUT2D eigenvalue weighted by Crippen LogP contribution is 2.36. The summed E-state index contributed by atoms with van der Waals surface area (Å²) in [5.74, 6) is 0.797. The van der Waals surface area contributed by atoms with Gasteiger partial charge < -0.3 is 10.3 Å². The zero-order chi connectivity index (χ0) is 11.7. The largest absolute Gasteiger partial charge is 0.367 e. The molecule has 3 heterocycles. The van der Waals surface area contributed by atoms with E-state index in [0.717, 1.165) is 10.4 Å². The highest BCUT2D eigenvalue weighted by molar-refractivity contribution is 7.13. The minimum atomic E-state index is 0.287. The standard InChI is InChI=1S/C11H8N4OS/c12-10-8(7-3-1-6-17-7)9(15-16-10)11-13-4-2-5-14-11/h1-6H,12H2. The summed E-state index contributed by atoms with van der Waals surface area (Å²) in [6.07, 6.45) is 3.32. The normalized spacial score (nSPS) is 10.6. The highest BCUT2D eigenvalue weighted by atomic mass is 32.1. The summed E-state index contributed by atoms with van der Waals surface area (Å²) in [5, 5.41) is 5.89. The molecule has 3 aromatic rings. The molecule has 0 saturated heterocycles. The second-order valence-electron chi connectivity index (χ2n) is 3.32. The van der Waals surface area contributed by atoms with Gasteiger partial charge in [0.05, 0.1) is 5.56 Å². The molecule has 0 spiro atoms. The Balaban J connectivity index is 2.20. The van der Waals surface area contributed by atoms with Crippen molar-refractivity contribution in [2.75, 3.05) is 5.73 Å². The molecule has 0 aromatic carbocycles. The predicted octanol–water partition coefficient (Wildman–Crippen LogP) is 2.44. The molecule has 84 valence electrons. The van der Waals surface area contributed by atoms with Crippen LogP contribution < -0.4 is 5.73 Å². The summed E-state index contributed by atoms with van der Waals surface area (Å²) in [7, 11) is 0. The van der Waals surface area contributed by atoms with E-state index in [1.54, 1.807) is 29.8 Å². The van der Waals surface area contributed by atoms with Crippen molar-refractivity contribution in [1.82, 2.24) is 15.1 Å². The minimum Gasteiger partial charge on any atom is -0.367 e. The van der Waals surface area contributed by atoms with Crippen molar-refractivity contribution < 1.29 is 4.52 Å². The summed E-state index contributed by atoms with van der Waals surface area (Å²) < 4.78 is 5.03. The van der Waals surface area contributed by atoms with Crippen molar-refractivity contribution in [2.45, 2.75) is 0 Å². The monoisotopic (exact) mass is 244 g/mol. The minimum absolute atomic E-state index is 0.287. The average Bonchev–Trinajstić information content (AvgIpc) is 2.99. The Labute approximate surface area is 101 Å². The quantitative estimate of drug-likeness (QED) is 0.749. The lowest BCUT2D eigenvalue weighted by atomic mass is 10.2. The van der Waals surface area contributed by atoms with E-state index in [1.807, 2.05) is 17.5 Å². The molecule has 17 heavy (non-hydrogen) atoms. The lowest BCUT2D eigenvalue weighted by Crippen LogP contribution is -1.90. The highest BCUT2D eigenvalue weighted by Gasteiger charge is 2.19. The zero-order valence-electron chi connectivity index (χ0n) is 8.70. The second kappa shape index (κ2) is 3.99. The van der Waals surface area contributed by atoms with E-state index in [4.69, 9.17) is 10.3 Å². The Bertz CT molecular complexity index is 618. The SMILES string of the molecule is Nc1onc(-c2ncccn2)c1-c1cccs1. The summed E-state index contributed by atoms with van der Waals surface area (Å²) in [6.45, 7) is 0. The lowest BCUT2D eigenvalue weighted by molar-refractivity contribution is 0.439. The van der Waals surface area contributed by atoms with Crippen molar-refractivity contribution in [3.8, 4) is 22.0 Å². The number of nitrogen functional groups attached to an aromatic ring is 1. The van der Waals surface area contributed by atoms with Gasteiger partial charge in [0, 0.05) is 17.3 Å². The number of hydrogen-bond acceptors (Lipinski definition) is 6. The summed E-state index contributed by atoms with van der Waals surface area (Å²) in [6, 6.07) is 5.65. The Morgan fingerprint density at radius 1 is 1.18 bits per heavy atom. The molecule has 2 N–H and O–H groups in total. The lowest BCUT2D eigenvalue weighted by Gasteiger charge is -1.97. The van der Waals surface area contributed by atoms with Crippen LogP contribution in [-0.4, -0.2) is 15.1 Å². The Kier molecular flexibility index (Phi) is 2.34. The fraction of sp³-hybridized carbons (Fsp3) is 0. The van der Waals surface area contributed by atoms with E-state index in [9.17, 15) is 0 Å². The molecule has 0 unspecified atom stereocenters. The molecule has 0 aliphatic rings. The fourth-order valence-electron chi connectivity index (χ4n) is 1.54. The van der Waals surface area contributed by atoms with Gasteiger partial charge in [-0.3, -0.25) is 0 Å². The zero-order valence-corrected chi connectivity index (χ0v) is 9.52. The smallest absolute Gasteiger partial charge is 0.231 e. The maximum absolute atomic E-state index is 5.79. The van der Waals surface area contributed by atoms with Gasteiger partial charge in [0.2, 0.25) is 5.88 Å². The molecule has 0 amide bonds. The maximum Gasteiger partial charge on any atom is 0.231 e. The topological polar surface area (TPSA) is 77.8 Å². The van der Waals surface area contributed by atoms with E-state index in [2.05, 4.69) is 15.1 Å². The van der Waals surface area contributed by atoms with E-state index >= 15 is 0 Å². The molecule has 0 aliphatic carbocycles. The van der Waals surface area contributed by atoms with Crippen molar-refractivity contribution in [3.05, 3.63) is 36.0 Å². The third-order valence-electron chi connectivity index (χ3n) is 2.26. The average molecular weight is 244 g/mol. The first kappa shape index (κ1) is 9.98. The van der Waals surface area contributed by atoms with Crippen molar-refractivity contribution in [2.24, 2.45) is 0 Å². The van der Waals surface area contributed by atoms with Crippen LogP contribution in [0.25, 0.3) is 22.0 Å². The van der Waals surface area contributed by atoms with Crippen LogP contribution >= 0.6 is 11.3 Å². The first-order valence-corrected chi connectivity index (χ1v) is 5.80. The van der Waals surface area contributed by atoms with Gasteiger partial charge in [-0.05, 0) is 17.5 Å². The summed E-state index contributed by atoms with van der Waals surface area (Å²) in [5.41, 5.74) is 7.12. The van der Waals surface area contributed by atoms with Crippen molar-refractivity contribution >= 4 is 17.2 Å². The van der Waals surface area contributed by atoms with Gasteiger partial charge in [0.1, 0.15) is 0 Å². The third kappa shape index (κ3) is 1.68. The number of nitrogens with zero attached hydrogens (tertiary/aromatic N) is 3. The van der Waals surface area contributed by atoms with Gasteiger partial charge >= 0.3 is 0 Å². The molecule has 0 atom stereocenters. The molecule has 0 bridgehead atoms. The number of thiophene rings is 1. The van der Waals surface area contributed by atoms with E-state index in [1.165, 1.54) is 0 Å². The van der Waals surface area contributed by atoms with Crippen LogP contribution in [-0.2, 0) is 0 Å². The molecular weight excluding hydrogens is 236 g/mol. The van der Waals surface area contributed by atoms with Gasteiger partial charge in [0.15, 0.2) is 11.5 Å². The number of anilines is 1. The van der Waals surface area contributed by atoms with Gasteiger partial charge in [-0.2, -0.15) is 0 Å². The number of rotatable bonds is 2. The predicted molar refractivity (Wildman–Crippen MR) is 65.3 cm³/mol. The molecule has 6 heteroatoms. The second-order valence-corrected chi connectivity index (χ2v) is 4.27. The molecule has 0 radical (unpaired) electrons. The first-order valence-electron chi connectivity index (χ1n) is 4.92.